The third-order valence-electron chi connectivity index (χ3n) is 10.0. The fourth-order valence-corrected chi connectivity index (χ4v) is 8.25. The maximum Gasteiger partial charge on any atom is 0.145 e. The number of aromatic nitrogens is 2. The Labute approximate surface area is 267 Å². The SMILES string of the molecule is c1ccc(-n2c(-c3ccc4c(c3)-c3ccccc3-c3ccccc3C43c4ccccc4-c4ccccc43)nc3ccccc32)cc1. The van der Waals surface area contributed by atoms with E-state index in [2.05, 4.69) is 174 Å². The van der Waals surface area contributed by atoms with Crippen LogP contribution in [0.1, 0.15) is 22.3 Å². The summed E-state index contributed by atoms with van der Waals surface area (Å²) in [7, 11) is 0. The largest absolute Gasteiger partial charge is 0.292 e. The predicted molar refractivity (Wildman–Crippen MR) is 188 cm³/mol. The Bertz CT molecular complexity index is 2440. The van der Waals surface area contributed by atoms with Crippen molar-refractivity contribution < 1.29 is 0 Å². The van der Waals surface area contributed by atoms with E-state index in [1.165, 1.54) is 55.6 Å². The number of rotatable bonds is 2. The van der Waals surface area contributed by atoms with Gasteiger partial charge in [-0.1, -0.05) is 140 Å². The minimum Gasteiger partial charge on any atom is -0.292 e. The van der Waals surface area contributed by atoms with Crippen molar-refractivity contribution >= 4 is 11.0 Å². The van der Waals surface area contributed by atoms with Crippen LogP contribution in [0, 0.1) is 0 Å². The van der Waals surface area contributed by atoms with Gasteiger partial charge in [-0.15, -0.1) is 0 Å². The highest BCUT2D eigenvalue weighted by Gasteiger charge is 2.49. The Hall–Kier alpha value is -5.99. The van der Waals surface area contributed by atoms with Crippen molar-refractivity contribution in [3.63, 3.8) is 0 Å². The minimum absolute atomic E-state index is 0.476. The van der Waals surface area contributed by atoms with Crippen molar-refractivity contribution in [1.82, 2.24) is 9.55 Å². The molecule has 0 N–H and O–H groups in total. The van der Waals surface area contributed by atoms with Gasteiger partial charge in [0.2, 0.25) is 0 Å². The van der Waals surface area contributed by atoms with E-state index >= 15 is 0 Å². The number of imidazole rings is 1. The average molecular weight is 585 g/mol. The van der Waals surface area contributed by atoms with Crippen molar-refractivity contribution in [2.75, 3.05) is 0 Å². The van der Waals surface area contributed by atoms with Crippen LogP contribution in [0.4, 0.5) is 0 Å². The Morgan fingerprint density at radius 3 is 1.52 bits per heavy atom. The minimum atomic E-state index is -0.476. The summed E-state index contributed by atoms with van der Waals surface area (Å²) in [6.45, 7) is 0. The molecule has 8 aromatic rings. The number of fused-ring (bicyclic) bond motifs is 13. The number of para-hydroxylation sites is 3. The highest BCUT2D eigenvalue weighted by atomic mass is 15.1. The van der Waals surface area contributed by atoms with Gasteiger partial charge in [0.25, 0.3) is 0 Å². The molecule has 0 fully saturated rings. The molecule has 1 aromatic heterocycles. The summed E-state index contributed by atoms with van der Waals surface area (Å²) >= 11 is 0. The molecule has 7 aromatic carbocycles. The zero-order valence-corrected chi connectivity index (χ0v) is 25.1. The second-order valence-corrected chi connectivity index (χ2v) is 12.3. The van der Waals surface area contributed by atoms with Crippen LogP contribution in [0.2, 0.25) is 0 Å². The van der Waals surface area contributed by atoms with Gasteiger partial charge in [0.1, 0.15) is 5.82 Å². The van der Waals surface area contributed by atoms with Gasteiger partial charge in [-0.25, -0.2) is 4.98 Å². The average Bonchev–Trinajstić information content (AvgIpc) is 3.63. The van der Waals surface area contributed by atoms with Crippen LogP contribution in [0.15, 0.2) is 170 Å². The van der Waals surface area contributed by atoms with E-state index in [4.69, 9.17) is 4.98 Å². The first kappa shape index (κ1) is 25.3. The van der Waals surface area contributed by atoms with E-state index in [0.29, 0.717) is 0 Å². The predicted octanol–water partition coefficient (Wildman–Crippen LogP) is 10.7. The van der Waals surface area contributed by atoms with Gasteiger partial charge in [-0.05, 0) is 86.0 Å². The third-order valence-corrected chi connectivity index (χ3v) is 10.0. The topological polar surface area (TPSA) is 17.8 Å². The molecule has 46 heavy (non-hydrogen) atoms. The van der Waals surface area contributed by atoms with E-state index in [-0.39, 0.29) is 0 Å². The lowest BCUT2D eigenvalue weighted by molar-refractivity contribution is 0.775. The fraction of sp³-hybridized carbons (Fsp3) is 0.0227. The second-order valence-electron chi connectivity index (χ2n) is 12.3. The first-order valence-electron chi connectivity index (χ1n) is 15.9. The Kier molecular flexibility index (Phi) is 5.24. The Morgan fingerprint density at radius 2 is 0.870 bits per heavy atom. The van der Waals surface area contributed by atoms with E-state index in [1.54, 1.807) is 0 Å². The molecule has 214 valence electrons. The summed E-state index contributed by atoms with van der Waals surface area (Å²) in [5, 5.41) is 0. The summed E-state index contributed by atoms with van der Waals surface area (Å²) in [5.41, 5.74) is 16.7. The van der Waals surface area contributed by atoms with Crippen LogP contribution in [-0.4, -0.2) is 9.55 Å². The standard InChI is InChI=1S/C44H28N2/c1-2-14-30(15-3-1)46-42-25-13-12-24-41(42)45-43(46)29-26-27-40-36(28-29)32-17-5-4-16-31(32)33-18-6-9-21-37(33)44(40)38-22-10-7-19-34(38)35-20-8-11-23-39(35)44/h1-28H. The van der Waals surface area contributed by atoms with Crippen LogP contribution < -0.4 is 0 Å². The van der Waals surface area contributed by atoms with Crippen molar-refractivity contribution in [1.29, 1.82) is 0 Å². The summed E-state index contributed by atoms with van der Waals surface area (Å²) in [5.74, 6) is 0.940. The number of hydrogen-bond acceptors (Lipinski definition) is 1. The van der Waals surface area contributed by atoms with E-state index in [0.717, 1.165) is 28.1 Å². The van der Waals surface area contributed by atoms with Gasteiger partial charge < -0.3 is 0 Å². The molecule has 0 atom stereocenters. The Balaban J connectivity index is 1.35. The molecule has 2 nitrogen and oxygen atoms in total. The molecule has 0 amide bonds. The lowest BCUT2D eigenvalue weighted by Crippen LogP contribution is -2.29. The lowest BCUT2D eigenvalue weighted by atomic mass is 9.66. The molecular formula is C44H28N2. The van der Waals surface area contributed by atoms with Crippen molar-refractivity contribution in [2.24, 2.45) is 0 Å². The maximum atomic E-state index is 5.25. The molecule has 1 heterocycles. The zero-order valence-electron chi connectivity index (χ0n) is 25.1. The number of hydrogen-bond donors (Lipinski definition) is 0. The molecular weight excluding hydrogens is 556 g/mol. The quantitative estimate of drug-likeness (QED) is 0.198. The molecule has 0 saturated heterocycles. The van der Waals surface area contributed by atoms with Gasteiger partial charge in [0, 0.05) is 11.3 Å². The van der Waals surface area contributed by atoms with E-state index in [9.17, 15) is 0 Å². The molecule has 0 bridgehead atoms. The van der Waals surface area contributed by atoms with Crippen LogP contribution in [0.5, 0.6) is 0 Å². The number of benzene rings is 7. The highest BCUT2D eigenvalue weighted by Crippen LogP contribution is 2.61. The molecule has 0 unspecified atom stereocenters. The monoisotopic (exact) mass is 584 g/mol. The third kappa shape index (κ3) is 3.28. The van der Waals surface area contributed by atoms with E-state index in [1.807, 2.05) is 0 Å². The van der Waals surface area contributed by atoms with Gasteiger partial charge >= 0.3 is 0 Å². The van der Waals surface area contributed by atoms with Gasteiger partial charge in [-0.2, -0.15) is 0 Å². The highest BCUT2D eigenvalue weighted by molar-refractivity contribution is 5.98. The summed E-state index contributed by atoms with van der Waals surface area (Å²) in [4.78, 5) is 5.25. The summed E-state index contributed by atoms with van der Waals surface area (Å²) < 4.78 is 2.30. The van der Waals surface area contributed by atoms with E-state index < -0.39 is 5.41 Å². The van der Waals surface area contributed by atoms with Crippen LogP contribution in [-0.2, 0) is 5.41 Å². The summed E-state index contributed by atoms with van der Waals surface area (Å²) in [6.07, 6.45) is 0. The second kappa shape index (κ2) is 9.50. The van der Waals surface area contributed by atoms with Gasteiger partial charge in [0.05, 0.1) is 16.4 Å². The van der Waals surface area contributed by atoms with Crippen LogP contribution >= 0.6 is 0 Å². The zero-order chi connectivity index (χ0) is 30.2. The molecule has 2 aliphatic rings. The molecule has 2 heteroatoms. The normalized spacial score (nSPS) is 13.4. The first-order valence-corrected chi connectivity index (χ1v) is 15.9. The first-order chi connectivity index (χ1) is 22.8. The lowest BCUT2D eigenvalue weighted by Gasteiger charge is -2.35. The van der Waals surface area contributed by atoms with Gasteiger partial charge in [0.15, 0.2) is 0 Å². The molecule has 0 aliphatic heterocycles. The smallest absolute Gasteiger partial charge is 0.145 e. The molecule has 10 rings (SSSR count). The fourth-order valence-electron chi connectivity index (χ4n) is 8.25. The molecule has 0 saturated carbocycles. The van der Waals surface area contributed by atoms with Crippen molar-refractivity contribution in [3.8, 4) is 50.5 Å². The molecule has 0 radical (unpaired) electrons. The number of nitrogens with zero attached hydrogens (tertiary/aromatic N) is 2. The maximum absolute atomic E-state index is 5.25. The summed E-state index contributed by atoms with van der Waals surface area (Å²) in [6, 6.07) is 62.0. The molecule has 1 spiro atoms. The van der Waals surface area contributed by atoms with Crippen LogP contribution in [0.3, 0.4) is 0 Å². The van der Waals surface area contributed by atoms with Gasteiger partial charge in [-0.3, -0.25) is 4.57 Å². The molecule has 2 aliphatic carbocycles. The Morgan fingerprint density at radius 1 is 0.391 bits per heavy atom. The van der Waals surface area contributed by atoms with Crippen LogP contribution in [0.25, 0.3) is 61.5 Å². The van der Waals surface area contributed by atoms with Crippen molar-refractivity contribution in [3.05, 3.63) is 192 Å². The van der Waals surface area contributed by atoms with Crippen molar-refractivity contribution in [2.45, 2.75) is 5.41 Å².